The van der Waals surface area contributed by atoms with Crippen molar-refractivity contribution in [3.63, 3.8) is 0 Å². The van der Waals surface area contributed by atoms with Crippen molar-refractivity contribution in [3.05, 3.63) is 52.0 Å². The molecule has 0 aliphatic carbocycles. The molecule has 0 spiro atoms. The molecule has 0 atom stereocenters. The van der Waals surface area contributed by atoms with Gasteiger partial charge >= 0.3 is 18.7 Å². The van der Waals surface area contributed by atoms with Crippen LogP contribution in [-0.4, -0.2) is 22.3 Å². The molecule has 0 saturated heterocycles. The van der Waals surface area contributed by atoms with Crippen LogP contribution in [0.3, 0.4) is 0 Å². The minimum absolute atomic E-state index is 0.157. The average molecular weight is 399 g/mol. The lowest BCUT2D eigenvalue weighted by atomic mass is 10.1. The van der Waals surface area contributed by atoms with Crippen molar-refractivity contribution in [1.29, 1.82) is 5.26 Å². The summed E-state index contributed by atoms with van der Waals surface area (Å²) in [4.78, 5) is 14.7. The smallest absolute Gasteiger partial charge is 0.435 e. The maximum Gasteiger partial charge on any atom is 0.459 e. The van der Waals surface area contributed by atoms with Crippen LogP contribution in [0, 0.1) is 17.1 Å². The summed E-state index contributed by atoms with van der Waals surface area (Å²) >= 11 is 0. The van der Waals surface area contributed by atoms with Gasteiger partial charge in [0.05, 0.1) is 5.56 Å². The summed E-state index contributed by atoms with van der Waals surface area (Å²) in [7, 11) is 0. The highest BCUT2D eigenvalue weighted by atomic mass is 19.4. The predicted molar refractivity (Wildman–Crippen MR) is 71.1 cm³/mol. The van der Waals surface area contributed by atoms with E-state index in [-0.39, 0.29) is 17.0 Å². The number of hydrogen-bond donors (Lipinski definition) is 0. The normalized spacial score (nSPS) is 12.1. The van der Waals surface area contributed by atoms with Crippen LogP contribution >= 0.6 is 0 Å². The SMILES string of the molecule is N#Cc1cc(OC(F)F)cc(F)c1-n1cnc(C(F)(F)C(F)(F)F)cc1=O. The molecule has 0 bridgehead atoms. The van der Waals surface area contributed by atoms with Crippen molar-refractivity contribution in [1.82, 2.24) is 9.55 Å². The first-order chi connectivity index (χ1) is 12.4. The number of alkyl halides is 7. The quantitative estimate of drug-likeness (QED) is 0.739. The van der Waals surface area contributed by atoms with Gasteiger partial charge in [0.2, 0.25) is 0 Å². The Morgan fingerprint density at radius 2 is 1.78 bits per heavy atom. The fourth-order valence-electron chi connectivity index (χ4n) is 1.96. The maximum absolute atomic E-state index is 14.1. The van der Waals surface area contributed by atoms with Gasteiger partial charge in [0, 0.05) is 18.2 Å². The first-order valence-corrected chi connectivity index (χ1v) is 6.61. The largest absolute Gasteiger partial charge is 0.459 e. The van der Waals surface area contributed by atoms with E-state index in [0.717, 1.165) is 0 Å². The first-order valence-electron chi connectivity index (χ1n) is 6.61. The van der Waals surface area contributed by atoms with Crippen molar-refractivity contribution in [2.45, 2.75) is 18.7 Å². The Morgan fingerprint density at radius 1 is 1.15 bits per heavy atom. The topological polar surface area (TPSA) is 67.9 Å². The van der Waals surface area contributed by atoms with Crippen LogP contribution in [0.15, 0.2) is 29.3 Å². The number of aromatic nitrogens is 2. The van der Waals surface area contributed by atoms with E-state index >= 15 is 0 Å². The third kappa shape index (κ3) is 3.83. The molecule has 0 saturated carbocycles. The summed E-state index contributed by atoms with van der Waals surface area (Å²) in [6, 6.07) is 2.17. The van der Waals surface area contributed by atoms with Crippen molar-refractivity contribution >= 4 is 0 Å². The van der Waals surface area contributed by atoms with Gasteiger partial charge in [-0.05, 0) is 0 Å². The zero-order chi connectivity index (χ0) is 20.6. The minimum Gasteiger partial charge on any atom is -0.435 e. The van der Waals surface area contributed by atoms with Gasteiger partial charge in [0.25, 0.3) is 5.56 Å². The van der Waals surface area contributed by atoms with Crippen LogP contribution in [0.5, 0.6) is 5.75 Å². The Balaban J connectivity index is 2.61. The molecule has 1 aromatic carbocycles. The number of nitrogens with zero attached hydrogens (tertiary/aromatic N) is 3. The third-order valence-electron chi connectivity index (χ3n) is 3.11. The van der Waals surface area contributed by atoms with Gasteiger partial charge in [0.1, 0.15) is 29.5 Å². The molecular weight excluding hydrogens is 394 g/mol. The average Bonchev–Trinajstić information content (AvgIpc) is 2.53. The summed E-state index contributed by atoms with van der Waals surface area (Å²) in [5.74, 6) is -7.68. The van der Waals surface area contributed by atoms with E-state index in [1.165, 1.54) is 6.07 Å². The van der Waals surface area contributed by atoms with E-state index in [1.807, 2.05) is 0 Å². The van der Waals surface area contributed by atoms with Crippen LogP contribution in [0.2, 0.25) is 0 Å². The van der Waals surface area contributed by atoms with E-state index < -0.39 is 52.8 Å². The molecule has 0 radical (unpaired) electrons. The Kier molecular flexibility index (Phi) is 5.12. The van der Waals surface area contributed by atoms with Gasteiger partial charge in [-0.25, -0.2) is 9.37 Å². The van der Waals surface area contributed by atoms with Crippen LogP contribution in [0.4, 0.5) is 35.1 Å². The second-order valence-corrected chi connectivity index (χ2v) is 4.85. The number of nitriles is 1. The lowest BCUT2D eigenvalue weighted by molar-refractivity contribution is -0.291. The fraction of sp³-hybridized carbons (Fsp3) is 0.214. The zero-order valence-electron chi connectivity index (χ0n) is 12.6. The van der Waals surface area contributed by atoms with Crippen molar-refractivity contribution in [3.8, 4) is 17.5 Å². The van der Waals surface area contributed by atoms with Crippen LogP contribution in [0.1, 0.15) is 11.3 Å². The Morgan fingerprint density at radius 3 is 2.26 bits per heavy atom. The van der Waals surface area contributed by atoms with Gasteiger partial charge in [0.15, 0.2) is 5.82 Å². The van der Waals surface area contributed by atoms with Gasteiger partial charge < -0.3 is 4.74 Å². The van der Waals surface area contributed by atoms with E-state index in [4.69, 9.17) is 5.26 Å². The number of hydrogen-bond acceptors (Lipinski definition) is 4. The molecule has 2 aromatic rings. The molecular formula is C14H5F8N3O2. The lowest BCUT2D eigenvalue weighted by Gasteiger charge is -2.19. The first kappa shape index (κ1) is 20.1. The molecule has 1 heterocycles. The Labute approximate surface area is 144 Å². The predicted octanol–water partition coefficient (Wildman–Crippen LogP) is 3.50. The molecule has 2 rings (SSSR count). The van der Waals surface area contributed by atoms with E-state index in [0.29, 0.717) is 12.1 Å². The van der Waals surface area contributed by atoms with Crippen LogP contribution in [0.25, 0.3) is 5.69 Å². The number of ether oxygens (including phenoxy) is 1. The number of rotatable bonds is 4. The van der Waals surface area contributed by atoms with E-state index in [1.54, 1.807) is 0 Å². The van der Waals surface area contributed by atoms with E-state index in [9.17, 15) is 39.9 Å². The minimum atomic E-state index is -6.03. The number of benzene rings is 1. The van der Waals surface area contributed by atoms with Gasteiger partial charge in [-0.1, -0.05) is 0 Å². The van der Waals surface area contributed by atoms with E-state index in [2.05, 4.69) is 9.72 Å². The molecule has 0 aliphatic rings. The van der Waals surface area contributed by atoms with Gasteiger partial charge in [-0.2, -0.15) is 36.0 Å². The van der Waals surface area contributed by atoms with Crippen molar-refractivity contribution in [2.24, 2.45) is 0 Å². The summed E-state index contributed by atoms with van der Waals surface area (Å²) < 4.78 is 106. The summed E-state index contributed by atoms with van der Waals surface area (Å²) in [6.45, 7) is -3.35. The third-order valence-corrected chi connectivity index (χ3v) is 3.11. The van der Waals surface area contributed by atoms with Gasteiger partial charge in [-0.15, -0.1) is 0 Å². The highest BCUT2D eigenvalue weighted by Crippen LogP contribution is 2.42. The maximum atomic E-state index is 14.1. The second kappa shape index (κ2) is 6.86. The molecule has 5 nitrogen and oxygen atoms in total. The highest BCUT2D eigenvalue weighted by molar-refractivity contribution is 5.53. The summed E-state index contributed by atoms with van der Waals surface area (Å²) in [5.41, 5.74) is -5.13. The van der Waals surface area contributed by atoms with Crippen LogP contribution < -0.4 is 10.3 Å². The fourth-order valence-corrected chi connectivity index (χ4v) is 1.96. The summed E-state index contributed by atoms with van der Waals surface area (Å²) in [5, 5.41) is 8.98. The molecule has 0 amide bonds. The number of halogens is 8. The molecule has 0 aliphatic heterocycles. The molecule has 0 fully saturated rings. The van der Waals surface area contributed by atoms with Gasteiger partial charge in [-0.3, -0.25) is 9.36 Å². The molecule has 1 aromatic heterocycles. The Hall–Kier alpha value is -3.17. The molecule has 0 unspecified atom stereocenters. The Bertz CT molecular complexity index is 962. The zero-order valence-corrected chi connectivity index (χ0v) is 12.6. The molecule has 0 N–H and O–H groups in total. The molecule has 144 valence electrons. The summed E-state index contributed by atoms with van der Waals surface area (Å²) in [6.07, 6.45) is -5.87. The molecule has 13 heteroatoms. The highest BCUT2D eigenvalue weighted by Gasteiger charge is 2.60. The van der Waals surface area contributed by atoms with Crippen LogP contribution in [-0.2, 0) is 5.92 Å². The van der Waals surface area contributed by atoms with Crippen molar-refractivity contribution in [2.75, 3.05) is 0 Å². The monoisotopic (exact) mass is 399 g/mol. The standard InChI is InChI=1S/C14H5F8N3O2/c15-8-2-7(27-12(16)17)1-6(4-23)11(8)25-5-24-9(3-10(25)26)13(18,19)14(20,21)22/h1-3,5,12H. The van der Waals surface area contributed by atoms with Crippen molar-refractivity contribution < 1.29 is 39.9 Å². The second-order valence-electron chi connectivity index (χ2n) is 4.85. The lowest BCUT2D eigenvalue weighted by Crippen LogP contribution is -2.36. The molecule has 27 heavy (non-hydrogen) atoms.